The fraction of sp³-hybridized carbons (Fsp3) is 0.588. The van der Waals surface area contributed by atoms with Crippen molar-refractivity contribution in [2.45, 2.75) is 13.0 Å². The van der Waals surface area contributed by atoms with E-state index in [-0.39, 0.29) is 17.9 Å². The van der Waals surface area contributed by atoms with Crippen molar-refractivity contribution >= 4 is 5.91 Å². The molecule has 1 saturated heterocycles. The van der Waals surface area contributed by atoms with Crippen molar-refractivity contribution in [2.75, 3.05) is 46.4 Å². The number of hydrogen-bond acceptors (Lipinski definition) is 4. The number of hydrogen-bond donors (Lipinski definition) is 2. The Morgan fingerprint density at radius 3 is 2.59 bits per heavy atom. The van der Waals surface area contributed by atoms with E-state index in [2.05, 4.69) is 27.7 Å². The van der Waals surface area contributed by atoms with Gasteiger partial charge in [0.1, 0.15) is 0 Å². The van der Waals surface area contributed by atoms with E-state index in [0.717, 1.165) is 38.4 Å². The minimum absolute atomic E-state index is 0.0195. The smallest absolute Gasteiger partial charge is 0.224 e. The van der Waals surface area contributed by atoms with Crippen LogP contribution in [0, 0.1) is 5.92 Å². The number of carbonyl (C=O) groups excluding carboxylic acids is 1. The lowest BCUT2D eigenvalue weighted by atomic mass is 10.0. The van der Waals surface area contributed by atoms with Gasteiger partial charge in [0.15, 0.2) is 0 Å². The Kier molecular flexibility index (Phi) is 6.83. The van der Waals surface area contributed by atoms with Crippen molar-refractivity contribution in [3.63, 3.8) is 0 Å². The summed E-state index contributed by atoms with van der Waals surface area (Å²) in [5.74, 6) is 0.0531. The number of nitrogens with zero attached hydrogens (tertiary/aromatic N) is 1. The molecule has 0 radical (unpaired) electrons. The lowest BCUT2D eigenvalue weighted by Gasteiger charge is -2.31. The maximum atomic E-state index is 12.4. The van der Waals surface area contributed by atoms with Gasteiger partial charge in [0.2, 0.25) is 5.91 Å². The first kappa shape index (κ1) is 16.9. The van der Waals surface area contributed by atoms with Crippen LogP contribution in [0.4, 0.5) is 0 Å². The summed E-state index contributed by atoms with van der Waals surface area (Å²) in [5, 5.41) is 6.26. The van der Waals surface area contributed by atoms with Gasteiger partial charge in [0.25, 0.3) is 0 Å². The minimum atomic E-state index is -0.0408. The van der Waals surface area contributed by atoms with Crippen molar-refractivity contribution in [3.8, 4) is 0 Å². The molecule has 1 aliphatic rings. The average Bonchev–Trinajstić information content (AvgIpc) is 2.56. The van der Waals surface area contributed by atoms with Crippen LogP contribution < -0.4 is 10.6 Å². The van der Waals surface area contributed by atoms with Gasteiger partial charge in [0, 0.05) is 32.1 Å². The molecule has 2 atom stereocenters. The first-order chi connectivity index (χ1) is 10.7. The summed E-state index contributed by atoms with van der Waals surface area (Å²) in [7, 11) is 1.87. The van der Waals surface area contributed by atoms with E-state index in [0.29, 0.717) is 6.54 Å². The molecule has 0 aliphatic carbocycles. The second-order valence-electron chi connectivity index (χ2n) is 5.84. The van der Waals surface area contributed by atoms with Gasteiger partial charge >= 0.3 is 0 Å². The van der Waals surface area contributed by atoms with E-state index in [9.17, 15) is 4.79 Å². The summed E-state index contributed by atoms with van der Waals surface area (Å²) < 4.78 is 5.40. The number of benzene rings is 1. The zero-order chi connectivity index (χ0) is 15.8. The molecule has 5 heteroatoms. The molecule has 0 saturated carbocycles. The summed E-state index contributed by atoms with van der Waals surface area (Å²) in [6.07, 6.45) is 0. The lowest BCUT2D eigenvalue weighted by molar-refractivity contribution is -0.125. The molecule has 1 aliphatic heterocycles. The van der Waals surface area contributed by atoms with Gasteiger partial charge in [-0.3, -0.25) is 9.69 Å². The van der Waals surface area contributed by atoms with Crippen LogP contribution in [0.15, 0.2) is 30.3 Å². The molecule has 1 heterocycles. The van der Waals surface area contributed by atoms with Crippen molar-refractivity contribution in [1.29, 1.82) is 0 Å². The van der Waals surface area contributed by atoms with Gasteiger partial charge in [0.05, 0.1) is 19.3 Å². The summed E-state index contributed by atoms with van der Waals surface area (Å²) in [6.45, 7) is 6.84. The Hall–Kier alpha value is -1.43. The Balaban J connectivity index is 2.02. The fourth-order valence-corrected chi connectivity index (χ4v) is 2.67. The molecule has 1 aromatic carbocycles. The van der Waals surface area contributed by atoms with Crippen LogP contribution >= 0.6 is 0 Å². The SMILES string of the molecule is CNCC(C)C(=O)NC(CN1CCOCC1)c1ccccc1. The number of carbonyl (C=O) groups is 1. The highest BCUT2D eigenvalue weighted by atomic mass is 16.5. The molecule has 2 rings (SSSR count). The quantitative estimate of drug-likeness (QED) is 0.790. The summed E-state index contributed by atoms with van der Waals surface area (Å²) in [6, 6.07) is 10.2. The van der Waals surface area contributed by atoms with Crippen molar-refractivity contribution < 1.29 is 9.53 Å². The average molecular weight is 305 g/mol. The molecule has 1 fully saturated rings. The van der Waals surface area contributed by atoms with Crippen molar-refractivity contribution in [2.24, 2.45) is 5.92 Å². The van der Waals surface area contributed by atoms with E-state index in [1.807, 2.05) is 32.2 Å². The Morgan fingerprint density at radius 2 is 1.95 bits per heavy atom. The normalized spacial score (nSPS) is 18.6. The minimum Gasteiger partial charge on any atom is -0.379 e. The van der Waals surface area contributed by atoms with Crippen LogP contribution in [0.2, 0.25) is 0 Å². The maximum absolute atomic E-state index is 12.4. The van der Waals surface area contributed by atoms with E-state index in [4.69, 9.17) is 4.74 Å². The number of morpholine rings is 1. The molecular weight excluding hydrogens is 278 g/mol. The van der Waals surface area contributed by atoms with E-state index < -0.39 is 0 Å². The first-order valence-corrected chi connectivity index (χ1v) is 8.00. The van der Waals surface area contributed by atoms with Crippen molar-refractivity contribution in [3.05, 3.63) is 35.9 Å². The van der Waals surface area contributed by atoms with Crippen LogP contribution in [-0.4, -0.2) is 57.2 Å². The molecule has 122 valence electrons. The Morgan fingerprint density at radius 1 is 1.27 bits per heavy atom. The van der Waals surface area contributed by atoms with Crippen LogP contribution in [0.5, 0.6) is 0 Å². The van der Waals surface area contributed by atoms with Gasteiger partial charge in [-0.05, 0) is 12.6 Å². The van der Waals surface area contributed by atoms with Gasteiger partial charge < -0.3 is 15.4 Å². The number of nitrogens with one attached hydrogen (secondary N) is 2. The predicted molar refractivity (Wildman–Crippen MR) is 87.7 cm³/mol. The molecule has 22 heavy (non-hydrogen) atoms. The third kappa shape index (κ3) is 5.09. The molecule has 2 unspecified atom stereocenters. The summed E-state index contributed by atoms with van der Waals surface area (Å²) in [4.78, 5) is 14.7. The summed E-state index contributed by atoms with van der Waals surface area (Å²) in [5.41, 5.74) is 1.15. The monoisotopic (exact) mass is 305 g/mol. The predicted octanol–water partition coefficient (Wildman–Crippen LogP) is 1.03. The van der Waals surface area contributed by atoms with Crippen LogP contribution in [0.1, 0.15) is 18.5 Å². The van der Waals surface area contributed by atoms with Crippen molar-refractivity contribution in [1.82, 2.24) is 15.5 Å². The Labute approximate surface area is 133 Å². The third-order valence-electron chi connectivity index (χ3n) is 4.02. The highest BCUT2D eigenvalue weighted by Gasteiger charge is 2.22. The van der Waals surface area contributed by atoms with Crippen LogP contribution in [-0.2, 0) is 9.53 Å². The molecule has 1 aromatic rings. The maximum Gasteiger partial charge on any atom is 0.224 e. The highest BCUT2D eigenvalue weighted by Crippen LogP contribution is 2.16. The number of amides is 1. The molecule has 0 spiro atoms. The topological polar surface area (TPSA) is 53.6 Å². The highest BCUT2D eigenvalue weighted by molar-refractivity contribution is 5.79. The van der Waals surface area contributed by atoms with E-state index in [1.165, 1.54) is 0 Å². The molecular formula is C17H27N3O2. The zero-order valence-corrected chi connectivity index (χ0v) is 13.5. The second kappa shape index (κ2) is 8.88. The van der Waals surface area contributed by atoms with Gasteiger partial charge in [-0.25, -0.2) is 0 Å². The molecule has 5 nitrogen and oxygen atoms in total. The fourth-order valence-electron chi connectivity index (χ4n) is 2.67. The second-order valence-corrected chi connectivity index (χ2v) is 5.84. The largest absolute Gasteiger partial charge is 0.379 e. The van der Waals surface area contributed by atoms with Gasteiger partial charge in [-0.2, -0.15) is 0 Å². The molecule has 1 amide bonds. The standard InChI is InChI=1S/C17H27N3O2/c1-14(12-18-2)17(21)19-16(15-6-4-3-5-7-15)13-20-8-10-22-11-9-20/h3-7,14,16,18H,8-13H2,1-2H3,(H,19,21). The van der Waals surface area contributed by atoms with Crippen LogP contribution in [0.3, 0.4) is 0 Å². The first-order valence-electron chi connectivity index (χ1n) is 8.00. The lowest BCUT2D eigenvalue weighted by Crippen LogP contribution is -2.44. The van der Waals surface area contributed by atoms with E-state index >= 15 is 0 Å². The zero-order valence-electron chi connectivity index (χ0n) is 13.5. The van der Waals surface area contributed by atoms with Gasteiger partial charge in [-0.15, -0.1) is 0 Å². The molecule has 2 N–H and O–H groups in total. The van der Waals surface area contributed by atoms with Gasteiger partial charge in [-0.1, -0.05) is 37.3 Å². The third-order valence-corrected chi connectivity index (χ3v) is 4.02. The molecule has 0 aromatic heterocycles. The number of rotatable bonds is 7. The number of ether oxygens (including phenoxy) is 1. The molecule has 0 bridgehead atoms. The summed E-state index contributed by atoms with van der Waals surface area (Å²) >= 11 is 0. The van der Waals surface area contributed by atoms with E-state index in [1.54, 1.807) is 0 Å². The Bertz CT molecular complexity index is 446. The van der Waals surface area contributed by atoms with Crippen LogP contribution in [0.25, 0.3) is 0 Å².